The lowest BCUT2D eigenvalue weighted by Gasteiger charge is -2.07. The molecule has 0 radical (unpaired) electrons. The molecule has 0 fully saturated rings. The number of nitrogen functional groups attached to an aromatic ring is 1. The van der Waals surface area contributed by atoms with Crippen molar-refractivity contribution in [2.24, 2.45) is 0 Å². The van der Waals surface area contributed by atoms with Gasteiger partial charge >= 0.3 is 0 Å². The molecule has 2 aromatic rings. The van der Waals surface area contributed by atoms with E-state index in [9.17, 15) is 0 Å². The molecule has 0 aliphatic heterocycles. The fraction of sp³-hybridized carbons (Fsp3) is 0.214. The maximum Gasteiger partial charge on any atom is 0.119 e. The van der Waals surface area contributed by atoms with Crippen LogP contribution in [0.2, 0.25) is 0 Å². The maximum absolute atomic E-state index is 5.93. The molecule has 0 aliphatic carbocycles. The van der Waals surface area contributed by atoms with Crippen LogP contribution >= 0.6 is 0 Å². The molecule has 2 N–H and O–H groups in total. The van der Waals surface area contributed by atoms with Gasteiger partial charge in [0.05, 0.1) is 7.11 Å². The van der Waals surface area contributed by atoms with E-state index in [-0.39, 0.29) is 0 Å². The molecule has 1 aromatic carbocycles. The van der Waals surface area contributed by atoms with Crippen molar-refractivity contribution in [1.29, 1.82) is 0 Å². The van der Waals surface area contributed by atoms with Crippen LogP contribution in [0.15, 0.2) is 42.6 Å². The number of nitrogens with zero attached hydrogens (tertiary/aromatic N) is 1. The van der Waals surface area contributed by atoms with Gasteiger partial charge < -0.3 is 10.5 Å². The number of benzene rings is 1. The average molecular weight is 228 g/mol. The van der Waals surface area contributed by atoms with E-state index < -0.39 is 0 Å². The number of anilines is 1. The van der Waals surface area contributed by atoms with Crippen molar-refractivity contribution in [1.82, 2.24) is 4.98 Å². The Morgan fingerprint density at radius 3 is 2.76 bits per heavy atom. The molecule has 0 aliphatic rings. The van der Waals surface area contributed by atoms with Gasteiger partial charge in [0.15, 0.2) is 0 Å². The monoisotopic (exact) mass is 228 g/mol. The normalized spacial score (nSPS) is 10.2. The molecule has 0 saturated heterocycles. The van der Waals surface area contributed by atoms with Crippen molar-refractivity contribution in [2.45, 2.75) is 12.8 Å². The predicted octanol–water partition coefficient (Wildman–Crippen LogP) is 2.46. The molecule has 0 bridgehead atoms. The Labute approximate surface area is 101 Å². The van der Waals surface area contributed by atoms with Crippen LogP contribution in [0.4, 0.5) is 5.69 Å². The summed E-state index contributed by atoms with van der Waals surface area (Å²) in [7, 11) is 1.66. The highest BCUT2D eigenvalue weighted by atomic mass is 16.5. The van der Waals surface area contributed by atoms with Crippen LogP contribution in [0.1, 0.15) is 11.3 Å². The number of ether oxygens (including phenoxy) is 1. The molecule has 0 unspecified atom stereocenters. The minimum Gasteiger partial charge on any atom is -0.497 e. The Morgan fingerprint density at radius 2 is 2.06 bits per heavy atom. The van der Waals surface area contributed by atoms with E-state index in [4.69, 9.17) is 10.5 Å². The molecule has 17 heavy (non-hydrogen) atoms. The topological polar surface area (TPSA) is 48.1 Å². The minimum atomic E-state index is 0.807. The maximum atomic E-state index is 5.93. The fourth-order valence-electron chi connectivity index (χ4n) is 1.73. The summed E-state index contributed by atoms with van der Waals surface area (Å²) in [6.45, 7) is 0. The summed E-state index contributed by atoms with van der Waals surface area (Å²) in [6.07, 6.45) is 3.57. The smallest absolute Gasteiger partial charge is 0.119 e. The third-order valence-corrected chi connectivity index (χ3v) is 2.73. The first-order chi connectivity index (χ1) is 8.29. The van der Waals surface area contributed by atoms with Gasteiger partial charge in [-0.1, -0.05) is 6.07 Å². The zero-order valence-corrected chi connectivity index (χ0v) is 9.89. The summed E-state index contributed by atoms with van der Waals surface area (Å²) in [5, 5.41) is 0. The van der Waals surface area contributed by atoms with Gasteiger partial charge in [0.1, 0.15) is 5.75 Å². The number of hydrogen-bond donors (Lipinski definition) is 1. The third-order valence-electron chi connectivity index (χ3n) is 2.73. The van der Waals surface area contributed by atoms with Gasteiger partial charge in [0.2, 0.25) is 0 Å². The Balaban J connectivity index is 2.08. The standard InChI is InChI=1S/C14H16N2O/c1-17-13-7-8-14(15)11(10-13)5-6-12-4-2-3-9-16-12/h2-4,7-10H,5-6,15H2,1H3. The third kappa shape index (κ3) is 2.97. The van der Waals surface area contributed by atoms with Crippen LogP contribution in [0.3, 0.4) is 0 Å². The summed E-state index contributed by atoms with van der Waals surface area (Å²) in [4.78, 5) is 4.29. The van der Waals surface area contributed by atoms with Crippen LogP contribution in [0, 0.1) is 0 Å². The van der Waals surface area contributed by atoms with Gasteiger partial charge in [0, 0.05) is 17.6 Å². The molecule has 2 rings (SSSR count). The van der Waals surface area contributed by atoms with Crippen LogP contribution in [-0.2, 0) is 12.8 Å². The lowest BCUT2D eigenvalue weighted by atomic mass is 10.1. The van der Waals surface area contributed by atoms with Gasteiger partial charge in [-0.15, -0.1) is 0 Å². The highest BCUT2D eigenvalue weighted by Crippen LogP contribution is 2.20. The Morgan fingerprint density at radius 1 is 1.18 bits per heavy atom. The molecule has 88 valence electrons. The van der Waals surface area contributed by atoms with Crippen molar-refractivity contribution >= 4 is 5.69 Å². The van der Waals surface area contributed by atoms with Gasteiger partial charge in [-0.2, -0.15) is 0 Å². The minimum absolute atomic E-state index is 0.807. The summed E-state index contributed by atoms with van der Waals surface area (Å²) in [5.41, 5.74) is 8.92. The van der Waals surface area contributed by atoms with Crippen LogP contribution in [0.5, 0.6) is 5.75 Å². The van der Waals surface area contributed by atoms with E-state index in [1.165, 1.54) is 0 Å². The second-order valence-electron chi connectivity index (χ2n) is 3.89. The molecule has 1 aromatic heterocycles. The van der Waals surface area contributed by atoms with Crippen molar-refractivity contribution in [3.63, 3.8) is 0 Å². The highest BCUT2D eigenvalue weighted by Gasteiger charge is 2.02. The number of aromatic nitrogens is 1. The molecule has 0 atom stereocenters. The summed E-state index contributed by atoms with van der Waals surface area (Å²) in [6, 6.07) is 11.7. The van der Waals surface area contributed by atoms with E-state index in [1.807, 2.05) is 42.6 Å². The molecular weight excluding hydrogens is 212 g/mol. The van der Waals surface area contributed by atoms with Gasteiger partial charge in [-0.05, 0) is 48.7 Å². The summed E-state index contributed by atoms with van der Waals surface area (Å²) < 4.78 is 5.19. The zero-order valence-electron chi connectivity index (χ0n) is 9.89. The van der Waals surface area contributed by atoms with Crippen LogP contribution in [0.25, 0.3) is 0 Å². The Bertz CT molecular complexity index is 483. The second-order valence-corrected chi connectivity index (χ2v) is 3.89. The second kappa shape index (κ2) is 5.34. The highest BCUT2D eigenvalue weighted by molar-refractivity contribution is 5.50. The first-order valence-corrected chi connectivity index (χ1v) is 5.62. The Kier molecular flexibility index (Phi) is 3.60. The number of rotatable bonds is 4. The first-order valence-electron chi connectivity index (χ1n) is 5.62. The van der Waals surface area contributed by atoms with Crippen molar-refractivity contribution in [2.75, 3.05) is 12.8 Å². The van der Waals surface area contributed by atoms with Crippen molar-refractivity contribution < 1.29 is 4.74 Å². The van der Waals surface area contributed by atoms with Crippen LogP contribution in [-0.4, -0.2) is 12.1 Å². The molecule has 1 heterocycles. The van der Waals surface area contributed by atoms with E-state index in [0.717, 1.165) is 35.5 Å². The molecule has 0 spiro atoms. The Hall–Kier alpha value is -2.03. The van der Waals surface area contributed by atoms with E-state index in [0.29, 0.717) is 0 Å². The van der Waals surface area contributed by atoms with E-state index in [1.54, 1.807) is 7.11 Å². The number of aryl methyl sites for hydroxylation is 2. The number of hydrogen-bond acceptors (Lipinski definition) is 3. The molecule has 0 saturated carbocycles. The average Bonchev–Trinajstić information content (AvgIpc) is 2.39. The summed E-state index contributed by atoms with van der Waals surface area (Å²) in [5.74, 6) is 0.843. The number of nitrogens with two attached hydrogens (primary N) is 1. The lowest BCUT2D eigenvalue weighted by Crippen LogP contribution is -1.99. The van der Waals surface area contributed by atoms with Gasteiger partial charge in [0.25, 0.3) is 0 Å². The van der Waals surface area contributed by atoms with Gasteiger partial charge in [-0.25, -0.2) is 0 Å². The fourth-order valence-corrected chi connectivity index (χ4v) is 1.73. The van der Waals surface area contributed by atoms with Gasteiger partial charge in [-0.3, -0.25) is 4.98 Å². The lowest BCUT2D eigenvalue weighted by molar-refractivity contribution is 0.414. The largest absolute Gasteiger partial charge is 0.497 e. The quantitative estimate of drug-likeness (QED) is 0.818. The molecule has 3 nitrogen and oxygen atoms in total. The number of methoxy groups -OCH3 is 1. The van der Waals surface area contributed by atoms with E-state index in [2.05, 4.69) is 4.98 Å². The van der Waals surface area contributed by atoms with E-state index >= 15 is 0 Å². The van der Waals surface area contributed by atoms with Crippen molar-refractivity contribution in [3.05, 3.63) is 53.9 Å². The van der Waals surface area contributed by atoms with Crippen molar-refractivity contribution in [3.8, 4) is 5.75 Å². The predicted molar refractivity (Wildman–Crippen MR) is 69.1 cm³/mol. The zero-order chi connectivity index (χ0) is 12.1. The van der Waals surface area contributed by atoms with Crippen LogP contribution < -0.4 is 10.5 Å². The molecule has 0 amide bonds. The molecular formula is C14H16N2O. The molecule has 3 heteroatoms. The summed E-state index contributed by atoms with van der Waals surface area (Å²) >= 11 is 0. The first kappa shape index (κ1) is 11.5. The number of pyridine rings is 1. The SMILES string of the molecule is COc1ccc(N)c(CCc2ccccn2)c1.